The van der Waals surface area contributed by atoms with Gasteiger partial charge in [0.05, 0.1) is 5.41 Å². The number of carboxylic acids is 1. The molecule has 0 spiro atoms. The summed E-state index contributed by atoms with van der Waals surface area (Å²) >= 11 is 0. The number of likely N-dealkylation sites (tertiary alicyclic amines) is 1. The van der Waals surface area contributed by atoms with Crippen LogP contribution in [0.15, 0.2) is 21.6 Å². The molecule has 1 unspecified atom stereocenters. The van der Waals surface area contributed by atoms with Gasteiger partial charge in [-0.2, -0.15) is 0 Å². The lowest BCUT2D eigenvalue weighted by Gasteiger charge is -2.19. The highest BCUT2D eigenvalue weighted by Gasteiger charge is 2.42. The molecule has 0 aliphatic carbocycles. The van der Waals surface area contributed by atoms with Crippen LogP contribution in [0.25, 0.3) is 0 Å². The first kappa shape index (κ1) is 15.5. The zero-order chi connectivity index (χ0) is 15.8. The van der Waals surface area contributed by atoms with Crippen LogP contribution in [0.2, 0.25) is 0 Å². The third kappa shape index (κ3) is 2.79. The molecule has 0 aromatic carbocycles. The smallest absolute Gasteiger partial charge is 0.311 e. The maximum Gasteiger partial charge on any atom is 0.311 e. The monoisotopic (exact) mass is 316 g/mol. The number of hydrogen-bond acceptors (Lipinski definition) is 5. The number of aliphatic carboxylic acids is 1. The van der Waals surface area contributed by atoms with Gasteiger partial charge in [0.15, 0.2) is 5.76 Å². The van der Waals surface area contributed by atoms with E-state index in [1.54, 1.807) is 6.92 Å². The molecule has 116 valence electrons. The quantitative estimate of drug-likeness (QED) is 0.815. The van der Waals surface area contributed by atoms with E-state index >= 15 is 0 Å². The molecule has 9 heteroatoms. The molecule has 1 atom stereocenters. The van der Waals surface area contributed by atoms with Crippen molar-refractivity contribution in [1.29, 1.82) is 0 Å². The molecule has 1 aromatic heterocycles. The lowest BCUT2D eigenvalue weighted by molar-refractivity contribution is -0.147. The summed E-state index contributed by atoms with van der Waals surface area (Å²) in [6, 6.07) is 2.45. The molecule has 1 fully saturated rings. The summed E-state index contributed by atoms with van der Waals surface area (Å²) in [6.07, 6.45) is 0.344. The summed E-state index contributed by atoms with van der Waals surface area (Å²) in [7, 11) is -2.52. The SMILES string of the molecule is CNS(=O)(=O)c1ccc(C(=O)N2CCC(C)(C(=O)O)C2)o1. The number of amides is 1. The van der Waals surface area contributed by atoms with Gasteiger partial charge in [0.2, 0.25) is 5.09 Å². The molecule has 1 amide bonds. The zero-order valence-electron chi connectivity index (χ0n) is 11.6. The van der Waals surface area contributed by atoms with Crippen LogP contribution in [-0.2, 0) is 14.8 Å². The lowest BCUT2D eigenvalue weighted by atomic mass is 9.90. The number of carbonyl (C=O) groups excluding carboxylic acids is 1. The van der Waals surface area contributed by atoms with E-state index in [1.807, 2.05) is 0 Å². The number of nitrogens with one attached hydrogen (secondary N) is 1. The van der Waals surface area contributed by atoms with E-state index in [9.17, 15) is 18.0 Å². The molecule has 0 radical (unpaired) electrons. The summed E-state index contributed by atoms with van der Waals surface area (Å²) in [5, 5.41) is 8.78. The highest BCUT2D eigenvalue weighted by molar-refractivity contribution is 7.89. The molecule has 2 heterocycles. The van der Waals surface area contributed by atoms with Crippen molar-refractivity contribution in [3.8, 4) is 0 Å². The predicted octanol–water partition coefficient (Wildman–Crippen LogP) is 0.124. The molecule has 1 aromatic rings. The molecule has 21 heavy (non-hydrogen) atoms. The van der Waals surface area contributed by atoms with E-state index < -0.39 is 27.3 Å². The average Bonchev–Trinajstić information content (AvgIpc) is 3.05. The van der Waals surface area contributed by atoms with Gasteiger partial charge in [0.25, 0.3) is 15.9 Å². The van der Waals surface area contributed by atoms with Crippen molar-refractivity contribution < 1.29 is 27.5 Å². The van der Waals surface area contributed by atoms with Crippen LogP contribution >= 0.6 is 0 Å². The van der Waals surface area contributed by atoms with E-state index in [1.165, 1.54) is 24.1 Å². The van der Waals surface area contributed by atoms with E-state index in [0.717, 1.165) is 0 Å². The minimum Gasteiger partial charge on any atom is -0.481 e. The fourth-order valence-corrected chi connectivity index (χ4v) is 2.79. The fraction of sp³-hybridized carbons (Fsp3) is 0.500. The van der Waals surface area contributed by atoms with Crippen LogP contribution in [0, 0.1) is 5.41 Å². The molecule has 1 aliphatic heterocycles. The van der Waals surface area contributed by atoms with Gasteiger partial charge in [-0.3, -0.25) is 9.59 Å². The topological polar surface area (TPSA) is 117 Å². The van der Waals surface area contributed by atoms with Gasteiger partial charge in [0.1, 0.15) is 0 Å². The number of furan rings is 1. The Bertz CT molecular complexity index is 680. The molecule has 1 aliphatic rings. The Hall–Kier alpha value is -1.87. The second kappa shape index (κ2) is 5.15. The first-order valence-electron chi connectivity index (χ1n) is 6.26. The van der Waals surface area contributed by atoms with Crippen LogP contribution in [-0.4, -0.2) is 50.4 Å². The molecule has 8 nitrogen and oxygen atoms in total. The number of nitrogens with zero attached hydrogens (tertiary/aromatic N) is 1. The Labute approximate surface area is 121 Å². The van der Waals surface area contributed by atoms with Crippen LogP contribution in [0.3, 0.4) is 0 Å². The maximum absolute atomic E-state index is 12.2. The Morgan fingerprint density at radius 3 is 2.62 bits per heavy atom. The Morgan fingerprint density at radius 1 is 1.43 bits per heavy atom. The van der Waals surface area contributed by atoms with Crippen molar-refractivity contribution in [2.75, 3.05) is 20.1 Å². The minimum atomic E-state index is -3.75. The number of hydrogen-bond donors (Lipinski definition) is 2. The standard InChI is InChI=1S/C12H16N2O6S/c1-12(11(16)17)5-6-14(7-12)10(15)8-3-4-9(20-8)21(18,19)13-2/h3-4,13H,5-7H2,1-2H3,(H,16,17). The first-order valence-corrected chi connectivity index (χ1v) is 7.74. The summed E-state index contributed by atoms with van der Waals surface area (Å²) in [6.45, 7) is 1.92. The van der Waals surface area contributed by atoms with E-state index in [4.69, 9.17) is 9.52 Å². The van der Waals surface area contributed by atoms with Gasteiger partial charge in [-0.1, -0.05) is 0 Å². The molecule has 2 N–H and O–H groups in total. The van der Waals surface area contributed by atoms with Gasteiger partial charge in [-0.05, 0) is 32.5 Å². The van der Waals surface area contributed by atoms with E-state index in [-0.39, 0.29) is 23.9 Å². The molecular weight excluding hydrogens is 300 g/mol. The summed E-state index contributed by atoms with van der Waals surface area (Å²) in [5.41, 5.74) is -0.984. The van der Waals surface area contributed by atoms with Crippen LogP contribution in [0.4, 0.5) is 0 Å². The van der Waals surface area contributed by atoms with Crippen molar-refractivity contribution in [2.45, 2.75) is 18.4 Å². The number of rotatable bonds is 4. The number of carboxylic acid groups (broad SMARTS) is 1. The molecule has 0 bridgehead atoms. The van der Waals surface area contributed by atoms with Gasteiger partial charge < -0.3 is 14.4 Å². The van der Waals surface area contributed by atoms with Gasteiger partial charge >= 0.3 is 5.97 Å². The second-order valence-corrected chi connectivity index (χ2v) is 6.99. The largest absolute Gasteiger partial charge is 0.481 e. The zero-order valence-corrected chi connectivity index (χ0v) is 12.4. The third-order valence-corrected chi connectivity index (χ3v) is 4.89. The van der Waals surface area contributed by atoms with Crippen LogP contribution < -0.4 is 4.72 Å². The molecule has 0 saturated carbocycles. The Morgan fingerprint density at radius 2 is 2.10 bits per heavy atom. The normalized spacial score (nSPS) is 22.5. The molecular formula is C12H16N2O6S. The van der Waals surface area contributed by atoms with Crippen molar-refractivity contribution in [1.82, 2.24) is 9.62 Å². The number of carbonyl (C=O) groups is 2. The summed E-state index contributed by atoms with van der Waals surface area (Å²) in [5.74, 6) is -1.60. The van der Waals surface area contributed by atoms with Crippen LogP contribution in [0.1, 0.15) is 23.9 Å². The number of sulfonamides is 1. The van der Waals surface area contributed by atoms with Crippen LogP contribution in [0.5, 0.6) is 0 Å². The van der Waals surface area contributed by atoms with Gasteiger partial charge in [0, 0.05) is 13.1 Å². The highest BCUT2D eigenvalue weighted by atomic mass is 32.2. The average molecular weight is 316 g/mol. The summed E-state index contributed by atoms with van der Waals surface area (Å²) in [4.78, 5) is 24.7. The highest BCUT2D eigenvalue weighted by Crippen LogP contribution is 2.31. The predicted molar refractivity (Wildman–Crippen MR) is 71.2 cm³/mol. The van der Waals surface area contributed by atoms with E-state index in [0.29, 0.717) is 6.42 Å². The summed E-state index contributed by atoms with van der Waals surface area (Å²) < 4.78 is 30.2. The Balaban J connectivity index is 2.18. The van der Waals surface area contributed by atoms with Crippen molar-refractivity contribution in [3.05, 3.63) is 17.9 Å². The van der Waals surface area contributed by atoms with Crippen molar-refractivity contribution in [2.24, 2.45) is 5.41 Å². The fourth-order valence-electron chi connectivity index (χ4n) is 2.14. The van der Waals surface area contributed by atoms with Gasteiger partial charge in [-0.15, -0.1) is 0 Å². The Kier molecular flexibility index (Phi) is 3.81. The first-order chi connectivity index (χ1) is 9.69. The molecule has 1 saturated heterocycles. The minimum absolute atomic E-state index is 0.0655. The van der Waals surface area contributed by atoms with Crippen molar-refractivity contribution in [3.63, 3.8) is 0 Å². The second-order valence-electron chi connectivity index (χ2n) is 5.17. The maximum atomic E-state index is 12.2. The van der Waals surface area contributed by atoms with Crippen molar-refractivity contribution >= 4 is 21.9 Å². The third-order valence-electron chi connectivity index (χ3n) is 3.60. The molecule has 2 rings (SSSR count). The lowest BCUT2D eigenvalue weighted by Crippen LogP contribution is -2.34. The van der Waals surface area contributed by atoms with E-state index in [2.05, 4.69) is 4.72 Å². The van der Waals surface area contributed by atoms with Gasteiger partial charge in [-0.25, -0.2) is 13.1 Å².